The normalized spacial score (nSPS) is 19.9. The van der Waals surface area contributed by atoms with Crippen molar-refractivity contribution in [1.82, 2.24) is 4.90 Å². The van der Waals surface area contributed by atoms with Crippen molar-refractivity contribution in [2.24, 2.45) is 0 Å². The molecule has 2 heterocycles. The summed E-state index contributed by atoms with van der Waals surface area (Å²) in [4.78, 5) is 26.3. The molecule has 0 aromatic rings. The Kier molecular flexibility index (Phi) is 5.58. The van der Waals surface area contributed by atoms with Crippen LogP contribution in [0.25, 0.3) is 0 Å². The average molecular weight is 350 g/mol. The van der Waals surface area contributed by atoms with E-state index >= 15 is 0 Å². The lowest BCUT2D eigenvalue weighted by atomic mass is 10.0. The SMILES string of the molecule is COC(=O)C1=C(C(=O)OC)C2C=CC=CN2C(C#N)=C(SC)S1. The summed E-state index contributed by atoms with van der Waals surface area (Å²) >= 11 is 2.38. The van der Waals surface area contributed by atoms with Crippen molar-refractivity contribution in [2.75, 3.05) is 20.5 Å². The fourth-order valence-corrected chi connectivity index (χ4v) is 4.03. The van der Waals surface area contributed by atoms with Gasteiger partial charge in [-0.3, -0.25) is 0 Å². The summed E-state index contributed by atoms with van der Waals surface area (Å²) < 4.78 is 10.3. The molecule has 2 rings (SSSR count). The van der Waals surface area contributed by atoms with Crippen LogP contribution in [0.5, 0.6) is 0 Å². The minimum Gasteiger partial charge on any atom is -0.466 e. The second-order valence-corrected chi connectivity index (χ2v) is 6.45. The van der Waals surface area contributed by atoms with Gasteiger partial charge in [0.05, 0.1) is 30.1 Å². The highest BCUT2D eigenvalue weighted by molar-refractivity contribution is 8.24. The van der Waals surface area contributed by atoms with Gasteiger partial charge >= 0.3 is 11.9 Å². The summed E-state index contributed by atoms with van der Waals surface area (Å²) in [6.45, 7) is 0. The molecule has 0 saturated carbocycles. The second kappa shape index (κ2) is 7.44. The number of methoxy groups -OCH3 is 2. The molecule has 0 saturated heterocycles. The van der Waals surface area contributed by atoms with Gasteiger partial charge in [0.25, 0.3) is 0 Å². The molecule has 120 valence electrons. The summed E-state index contributed by atoms with van der Waals surface area (Å²) in [6, 6.07) is 1.54. The van der Waals surface area contributed by atoms with Gasteiger partial charge in [-0.1, -0.05) is 23.9 Å². The first-order valence-electron chi connectivity index (χ1n) is 6.49. The van der Waals surface area contributed by atoms with Crippen molar-refractivity contribution < 1.29 is 19.1 Å². The molecule has 2 aliphatic rings. The third-order valence-electron chi connectivity index (χ3n) is 3.20. The third kappa shape index (κ3) is 3.16. The number of esters is 2. The fourth-order valence-electron chi connectivity index (χ4n) is 2.19. The van der Waals surface area contributed by atoms with Crippen molar-refractivity contribution >= 4 is 35.5 Å². The molecule has 0 radical (unpaired) electrons. The molecule has 2 aliphatic heterocycles. The van der Waals surface area contributed by atoms with Gasteiger partial charge in [0.1, 0.15) is 16.7 Å². The number of carbonyl (C=O) groups excluding carboxylic acids is 2. The van der Waals surface area contributed by atoms with Crippen molar-refractivity contribution in [3.63, 3.8) is 0 Å². The highest BCUT2D eigenvalue weighted by atomic mass is 32.2. The van der Waals surface area contributed by atoms with Crippen LogP contribution >= 0.6 is 23.5 Å². The van der Waals surface area contributed by atoms with E-state index in [0.29, 0.717) is 9.93 Å². The summed E-state index contributed by atoms with van der Waals surface area (Å²) in [5.41, 5.74) is 0.523. The molecule has 1 unspecified atom stereocenters. The Bertz CT molecular complexity index is 701. The van der Waals surface area contributed by atoms with Crippen molar-refractivity contribution in [1.29, 1.82) is 5.26 Å². The zero-order valence-electron chi connectivity index (χ0n) is 12.7. The molecule has 0 fully saturated rings. The summed E-state index contributed by atoms with van der Waals surface area (Å²) in [5, 5.41) is 9.54. The first-order chi connectivity index (χ1) is 11.1. The maximum Gasteiger partial charge on any atom is 0.345 e. The zero-order chi connectivity index (χ0) is 17.0. The second-order valence-electron chi connectivity index (χ2n) is 4.36. The molecule has 0 spiro atoms. The predicted molar refractivity (Wildman–Crippen MR) is 88.7 cm³/mol. The van der Waals surface area contributed by atoms with Crippen LogP contribution in [0.2, 0.25) is 0 Å². The van der Waals surface area contributed by atoms with Crippen molar-refractivity contribution in [3.8, 4) is 6.07 Å². The predicted octanol–water partition coefficient (Wildman–Crippen LogP) is 2.14. The minimum absolute atomic E-state index is 0.129. The third-order valence-corrected chi connectivity index (χ3v) is 5.49. The molecule has 0 N–H and O–H groups in total. The molecule has 8 heteroatoms. The summed E-state index contributed by atoms with van der Waals surface area (Å²) in [5.74, 6) is -1.27. The highest BCUT2D eigenvalue weighted by Crippen LogP contribution is 2.44. The largest absolute Gasteiger partial charge is 0.466 e. The van der Waals surface area contributed by atoms with E-state index in [1.165, 1.54) is 26.0 Å². The van der Waals surface area contributed by atoms with Gasteiger partial charge in [-0.2, -0.15) is 5.26 Å². The first kappa shape index (κ1) is 17.2. The van der Waals surface area contributed by atoms with Gasteiger partial charge < -0.3 is 14.4 Å². The Hall–Kier alpha value is -2.11. The number of hydrogen-bond acceptors (Lipinski definition) is 8. The van der Waals surface area contributed by atoms with Crippen LogP contribution in [-0.2, 0) is 19.1 Å². The number of ether oxygens (including phenoxy) is 2. The Morgan fingerprint density at radius 2 is 2.00 bits per heavy atom. The van der Waals surface area contributed by atoms with Crippen LogP contribution in [0.3, 0.4) is 0 Å². The monoisotopic (exact) mass is 350 g/mol. The van der Waals surface area contributed by atoms with Gasteiger partial charge in [-0.25, -0.2) is 9.59 Å². The number of fused-ring (bicyclic) bond motifs is 1. The lowest BCUT2D eigenvalue weighted by molar-refractivity contribution is -0.139. The van der Waals surface area contributed by atoms with Crippen molar-refractivity contribution in [2.45, 2.75) is 6.04 Å². The molecule has 0 amide bonds. The zero-order valence-corrected chi connectivity index (χ0v) is 14.4. The minimum atomic E-state index is -0.635. The molecule has 1 atom stereocenters. The summed E-state index contributed by atoms with van der Waals surface area (Å²) in [6.07, 6.45) is 8.74. The van der Waals surface area contributed by atoms with E-state index in [4.69, 9.17) is 9.47 Å². The number of rotatable bonds is 3. The number of nitrogens with zero attached hydrogens (tertiary/aromatic N) is 2. The first-order valence-corrected chi connectivity index (χ1v) is 8.53. The lowest BCUT2D eigenvalue weighted by Crippen LogP contribution is -2.35. The van der Waals surface area contributed by atoms with Gasteiger partial charge in [-0.05, 0) is 12.3 Å². The standard InChI is InChI=1S/C15H14N2O4S2/c1-20-13(18)11-9-6-4-5-7-17(9)10(8-16)15(22-3)23-12(11)14(19)21-2/h4-7,9H,1-3H3. The Morgan fingerprint density at radius 1 is 1.30 bits per heavy atom. The topological polar surface area (TPSA) is 79.6 Å². The van der Waals surface area contributed by atoms with Crippen LogP contribution in [0.15, 0.2) is 44.8 Å². The van der Waals surface area contributed by atoms with Crippen LogP contribution in [0, 0.1) is 11.3 Å². The van der Waals surface area contributed by atoms with Crippen LogP contribution < -0.4 is 0 Å². The number of allylic oxidation sites excluding steroid dienone is 3. The molecule has 0 aliphatic carbocycles. The Labute approximate surface area is 142 Å². The van der Waals surface area contributed by atoms with E-state index in [0.717, 1.165) is 11.8 Å². The molecule has 0 aromatic carbocycles. The maximum absolute atomic E-state index is 12.3. The van der Waals surface area contributed by atoms with Crippen molar-refractivity contribution in [3.05, 3.63) is 44.8 Å². The van der Waals surface area contributed by atoms with Gasteiger partial charge in [0.15, 0.2) is 0 Å². The van der Waals surface area contributed by atoms with Gasteiger partial charge in [0, 0.05) is 6.20 Å². The van der Waals surface area contributed by atoms with E-state index in [-0.39, 0.29) is 10.5 Å². The molecule has 0 bridgehead atoms. The van der Waals surface area contributed by atoms with E-state index in [2.05, 4.69) is 6.07 Å². The number of thioether (sulfide) groups is 2. The van der Waals surface area contributed by atoms with Crippen LogP contribution in [-0.4, -0.2) is 43.4 Å². The number of carbonyl (C=O) groups is 2. The van der Waals surface area contributed by atoms with Gasteiger partial charge in [0.2, 0.25) is 0 Å². The average Bonchev–Trinajstić information content (AvgIpc) is 2.74. The Morgan fingerprint density at radius 3 is 2.57 bits per heavy atom. The molecule has 6 nitrogen and oxygen atoms in total. The molecular weight excluding hydrogens is 336 g/mol. The maximum atomic E-state index is 12.3. The van der Waals surface area contributed by atoms with Gasteiger partial charge in [-0.15, -0.1) is 11.8 Å². The molecule has 0 aromatic heterocycles. The summed E-state index contributed by atoms with van der Waals surface area (Å²) in [7, 11) is 2.50. The van der Waals surface area contributed by atoms with E-state index in [1.807, 2.05) is 0 Å². The number of nitriles is 1. The highest BCUT2D eigenvalue weighted by Gasteiger charge is 2.38. The molecular formula is C15H14N2O4S2. The number of hydrogen-bond donors (Lipinski definition) is 0. The van der Waals surface area contributed by atoms with E-state index in [1.54, 1.807) is 35.6 Å². The molecule has 23 heavy (non-hydrogen) atoms. The van der Waals surface area contributed by atoms with Crippen LogP contribution in [0.1, 0.15) is 0 Å². The Balaban J connectivity index is 2.73. The smallest absolute Gasteiger partial charge is 0.345 e. The van der Waals surface area contributed by atoms with E-state index < -0.39 is 18.0 Å². The lowest BCUT2D eigenvalue weighted by Gasteiger charge is -2.29. The van der Waals surface area contributed by atoms with Crippen LogP contribution in [0.4, 0.5) is 0 Å². The van der Waals surface area contributed by atoms with E-state index in [9.17, 15) is 14.9 Å². The quantitative estimate of drug-likeness (QED) is 0.716. The fraction of sp³-hybridized carbons (Fsp3) is 0.267.